The van der Waals surface area contributed by atoms with Gasteiger partial charge in [-0.2, -0.15) is 5.26 Å². The molecule has 0 unspecified atom stereocenters. The Labute approximate surface area is 184 Å². The Morgan fingerprint density at radius 3 is 2.65 bits per heavy atom. The zero-order valence-electron chi connectivity index (χ0n) is 17.3. The van der Waals surface area contributed by atoms with Gasteiger partial charge < -0.3 is 10.6 Å². The number of anilines is 2. The molecule has 4 rings (SSSR count). The number of fused-ring (bicyclic) bond motifs is 1. The zero-order chi connectivity index (χ0) is 21.8. The van der Waals surface area contributed by atoms with Crippen LogP contribution in [0.15, 0.2) is 54.9 Å². The lowest BCUT2D eigenvalue weighted by molar-refractivity contribution is -0.115. The van der Waals surface area contributed by atoms with Gasteiger partial charge in [0.05, 0.1) is 16.6 Å². The van der Waals surface area contributed by atoms with Crippen molar-refractivity contribution in [3.8, 4) is 17.2 Å². The van der Waals surface area contributed by atoms with Crippen LogP contribution in [0.5, 0.6) is 0 Å². The van der Waals surface area contributed by atoms with Crippen molar-refractivity contribution in [2.24, 2.45) is 0 Å². The normalized spacial score (nSPS) is 10.6. The van der Waals surface area contributed by atoms with Crippen LogP contribution in [0.4, 0.5) is 11.5 Å². The van der Waals surface area contributed by atoms with E-state index in [2.05, 4.69) is 64.8 Å². The monoisotopic (exact) mass is 427 g/mol. The minimum Gasteiger partial charge on any atom is -0.369 e. The van der Waals surface area contributed by atoms with Gasteiger partial charge in [-0.05, 0) is 31.5 Å². The van der Waals surface area contributed by atoms with Gasteiger partial charge in [-0.3, -0.25) is 4.79 Å². The highest BCUT2D eigenvalue weighted by Gasteiger charge is 2.17. The molecule has 0 aliphatic heterocycles. The molecule has 7 heteroatoms. The predicted molar refractivity (Wildman–Crippen MR) is 125 cm³/mol. The van der Waals surface area contributed by atoms with Crippen molar-refractivity contribution >= 4 is 39.0 Å². The van der Waals surface area contributed by atoms with Crippen molar-refractivity contribution in [1.29, 1.82) is 5.26 Å². The Kier molecular flexibility index (Phi) is 5.92. The highest BCUT2D eigenvalue weighted by Crippen LogP contribution is 2.40. The molecule has 6 nitrogen and oxygen atoms in total. The van der Waals surface area contributed by atoms with Gasteiger partial charge in [0.2, 0.25) is 5.91 Å². The molecule has 0 fully saturated rings. The molecule has 2 heterocycles. The summed E-state index contributed by atoms with van der Waals surface area (Å²) in [6.45, 7) is 4.57. The number of nitriles is 1. The van der Waals surface area contributed by atoms with Gasteiger partial charge in [-0.15, -0.1) is 11.3 Å². The number of para-hydroxylation sites is 1. The molecule has 2 aromatic carbocycles. The Balaban J connectivity index is 1.52. The minimum absolute atomic E-state index is 0.166. The Morgan fingerprint density at radius 1 is 1.10 bits per heavy atom. The van der Waals surface area contributed by atoms with Gasteiger partial charge >= 0.3 is 0 Å². The predicted octanol–water partition coefficient (Wildman–Crippen LogP) is 5.29. The highest BCUT2D eigenvalue weighted by atomic mass is 32.1. The molecule has 0 saturated heterocycles. The average molecular weight is 428 g/mol. The summed E-state index contributed by atoms with van der Waals surface area (Å²) in [5.41, 5.74) is 4.42. The number of aryl methyl sites for hydroxylation is 2. The molecular formula is C24H21N5OS. The van der Waals surface area contributed by atoms with E-state index in [0.717, 1.165) is 27.2 Å². The fourth-order valence-electron chi connectivity index (χ4n) is 3.44. The van der Waals surface area contributed by atoms with Gasteiger partial charge in [0.25, 0.3) is 0 Å². The number of carbonyl (C=O) groups is 1. The fourth-order valence-corrected chi connectivity index (χ4v) is 4.46. The molecule has 0 atom stereocenters. The third-order valence-corrected chi connectivity index (χ3v) is 5.98. The van der Waals surface area contributed by atoms with E-state index in [4.69, 9.17) is 5.26 Å². The first kappa shape index (κ1) is 20.5. The summed E-state index contributed by atoms with van der Waals surface area (Å²) < 4.78 is 0. The Hall–Kier alpha value is -3.76. The van der Waals surface area contributed by atoms with E-state index in [0.29, 0.717) is 17.8 Å². The number of carbonyl (C=O) groups excluding carboxylic acids is 1. The number of hydrogen-bond donors (Lipinski definition) is 2. The molecular weight excluding hydrogens is 406 g/mol. The maximum absolute atomic E-state index is 12.4. The second kappa shape index (κ2) is 8.94. The van der Waals surface area contributed by atoms with Gasteiger partial charge in [-0.1, -0.05) is 42.0 Å². The van der Waals surface area contributed by atoms with Crippen LogP contribution in [0.3, 0.4) is 0 Å². The fraction of sp³-hybridized carbons (Fsp3) is 0.167. The summed E-state index contributed by atoms with van der Waals surface area (Å²) in [6, 6.07) is 17.5. The summed E-state index contributed by atoms with van der Waals surface area (Å²) in [7, 11) is 0. The lowest BCUT2D eigenvalue weighted by Gasteiger charge is -2.10. The maximum Gasteiger partial charge on any atom is 0.226 e. The standard InChI is InChI=1S/C24H21N5OS/c1-15-7-9-17(10-8-15)21-16(2)31-24-22(21)23(27-14-28-24)26-12-11-20(30)29-19-6-4-3-5-18(19)13-25/h3-10,14H,11-12H2,1-2H3,(H,29,30)(H,26,27,28). The molecule has 2 aromatic heterocycles. The number of hydrogen-bond acceptors (Lipinski definition) is 6. The molecule has 0 aliphatic rings. The van der Waals surface area contributed by atoms with Crippen LogP contribution in [0.2, 0.25) is 0 Å². The quantitative estimate of drug-likeness (QED) is 0.436. The molecule has 2 N–H and O–H groups in total. The van der Waals surface area contributed by atoms with Crippen LogP contribution in [0.25, 0.3) is 21.3 Å². The van der Waals surface area contributed by atoms with Crippen molar-refractivity contribution < 1.29 is 4.79 Å². The zero-order valence-corrected chi connectivity index (χ0v) is 18.1. The molecule has 4 aromatic rings. The van der Waals surface area contributed by atoms with Crippen molar-refractivity contribution in [2.45, 2.75) is 20.3 Å². The topological polar surface area (TPSA) is 90.7 Å². The number of benzene rings is 2. The minimum atomic E-state index is -0.166. The highest BCUT2D eigenvalue weighted by molar-refractivity contribution is 7.19. The third kappa shape index (κ3) is 4.39. The van der Waals surface area contributed by atoms with Crippen LogP contribution in [-0.4, -0.2) is 22.4 Å². The van der Waals surface area contributed by atoms with Gasteiger partial charge in [0, 0.05) is 23.4 Å². The average Bonchev–Trinajstić information content (AvgIpc) is 3.11. The molecule has 0 bridgehead atoms. The number of thiophene rings is 1. The van der Waals surface area contributed by atoms with Crippen LogP contribution < -0.4 is 10.6 Å². The number of amides is 1. The van der Waals surface area contributed by atoms with Crippen molar-refractivity contribution in [2.75, 3.05) is 17.2 Å². The third-order valence-electron chi connectivity index (χ3n) is 4.97. The van der Waals surface area contributed by atoms with E-state index in [9.17, 15) is 4.79 Å². The first-order valence-corrected chi connectivity index (χ1v) is 10.7. The van der Waals surface area contributed by atoms with E-state index in [-0.39, 0.29) is 12.3 Å². The summed E-state index contributed by atoms with van der Waals surface area (Å²) in [6.07, 6.45) is 1.79. The van der Waals surface area contributed by atoms with Crippen molar-refractivity contribution in [1.82, 2.24) is 9.97 Å². The first-order valence-electron chi connectivity index (χ1n) is 9.91. The summed E-state index contributed by atoms with van der Waals surface area (Å²) in [5, 5.41) is 16.2. The summed E-state index contributed by atoms with van der Waals surface area (Å²) in [4.78, 5) is 23.3. The molecule has 1 amide bonds. The van der Waals surface area contributed by atoms with E-state index in [1.807, 2.05) is 0 Å². The Morgan fingerprint density at radius 2 is 1.87 bits per heavy atom. The van der Waals surface area contributed by atoms with Crippen LogP contribution in [0.1, 0.15) is 22.4 Å². The number of rotatable bonds is 6. The van der Waals surface area contributed by atoms with E-state index in [1.54, 1.807) is 41.9 Å². The van der Waals surface area contributed by atoms with Crippen LogP contribution >= 0.6 is 11.3 Å². The molecule has 0 saturated carbocycles. The van der Waals surface area contributed by atoms with E-state index in [1.165, 1.54) is 10.4 Å². The first-order chi connectivity index (χ1) is 15.1. The second-order valence-corrected chi connectivity index (χ2v) is 8.39. The lowest BCUT2D eigenvalue weighted by Crippen LogP contribution is -2.17. The molecule has 31 heavy (non-hydrogen) atoms. The molecule has 0 spiro atoms. The Bertz CT molecular complexity index is 1290. The SMILES string of the molecule is Cc1ccc(-c2c(C)sc3ncnc(NCCC(=O)Nc4ccccc4C#N)c23)cc1. The maximum atomic E-state index is 12.4. The summed E-state index contributed by atoms with van der Waals surface area (Å²) >= 11 is 1.64. The van der Waals surface area contributed by atoms with Crippen LogP contribution in [-0.2, 0) is 4.79 Å². The summed E-state index contributed by atoms with van der Waals surface area (Å²) in [5.74, 6) is 0.552. The number of nitrogens with zero attached hydrogens (tertiary/aromatic N) is 3. The van der Waals surface area contributed by atoms with Gasteiger partial charge in [0.1, 0.15) is 23.0 Å². The molecule has 0 aliphatic carbocycles. The smallest absolute Gasteiger partial charge is 0.226 e. The molecule has 154 valence electrons. The number of aromatic nitrogens is 2. The van der Waals surface area contributed by atoms with Crippen molar-refractivity contribution in [3.05, 3.63) is 70.9 Å². The molecule has 0 radical (unpaired) electrons. The number of nitrogens with one attached hydrogen (secondary N) is 2. The van der Waals surface area contributed by atoms with Gasteiger partial charge in [-0.25, -0.2) is 9.97 Å². The second-order valence-electron chi connectivity index (χ2n) is 7.18. The van der Waals surface area contributed by atoms with Gasteiger partial charge in [0.15, 0.2) is 0 Å². The van der Waals surface area contributed by atoms with E-state index >= 15 is 0 Å². The van der Waals surface area contributed by atoms with Crippen molar-refractivity contribution in [3.63, 3.8) is 0 Å². The lowest BCUT2D eigenvalue weighted by atomic mass is 10.0. The van der Waals surface area contributed by atoms with Crippen LogP contribution in [0, 0.1) is 25.2 Å². The van der Waals surface area contributed by atoms with E-state index < -0.39 is 0 Å². The largest absolute Gasteiger partial charge is 0.369 e.